The van der Waals surface area contributed by atoms with Crippen LogP contribution in [0, 0.1) is 0 Å². The molecule has 26 heavy (non-hydrogen) atoms. The lowest BCUT2D eigenvalue weighted by Gasteiger charge is -2.15. The monoisotopic (exact) mass is 371 g/mol. The summed E-state index contributed by atoms with van der Waals surface area (Å²) in [6, 6.07) is 13.5. The van der Waals surface area contributed by atoms with Gasteiger partial charge in [-0.15, -0.1) is 0 Å². The largest absolute Gasteiger partial charge is 0.481 e. The lowest BCUT2D eigenvalue weighted by atomic mass is 10.1. The van der Waals surface area contributed by atoms with Crippen LogP contribution >= 0.6 is 11.6 Å². The van der Waals surface area contributed by atoms with E-state index in [0.717, 1.165) is 17.4 Å². The van der Waals surface area contributed by atoms with Crippen LogP contribution < -0.4 is 15.7 Å². The fourth-order valence-corrected chi connectivity index (χ4v) is 2.74. The van der Waals surface area contributed by atoms with Crippen LogP contribution in [0.5, 0.6) is 5.75 Å². The number of carbonyl (C=O) groups excluding carboxylic acids is 1. The highest BCUT2D eigenvalue weighted by Gasteiger charge is 2.16. The van der Waals surface area contributed by atoms with Gasteiger partial charge in [-0.3, -0.25) is 4.79 Å². The molecule has 6 heteroatoms. The van der Waals surface area contributed by atoms with Crippen molar-refractivity contribution in [2.75, 3.05) is 5.32 Å². The molecule has 1 heterocycles. The maximum absolute atomic E-state index is 12.3. The minimum atomic E-state index is -0.732. The first kappa shape index (κ1) is 18.0. The Morgan fingerprint density at radius 3 is 2.62 bits per heavy atom. The molecule has 0 radical (unpaired) electrons. The van der Waals surface area contributed by atoms with Crippen molar-refractivity contribution in [1.82, 2.24) is 0 Å². The zero-order valence-electron chi connectivity index (χ0n) is 14.4. The molecule has 1 amide bonds. The van der Waals surface area contributed by atoms with Crippen molar-refractivity contribution >= 4 is 34.2 Å². The number of carbonyl (C=O) groups is 1. The Hall–Kier alpha value is -2.79. The van der Waals surface area contributed by atoms with Gasteiger partial charge in [0.2, 0.25) is 0 Å². The summed E-state index contributed by atoms with van der Waals surface area (Å²) in [5.41, 5.74) is 1.58. The lowest BCUT2D eigenvalue weighted by Crippen LogP contribution is -2.30. The van der Waals surface area contributed by atoms with Crippen molar-refractivity contribution in [2.24, 2.45) is 0 Å². The Morgan fingerprint density at radius 1 is 1.19 bits per heavy atom. The third kappa shape index (κ3) is 4.06. The summed E-state index contributed by atoms with van der Waals surface area (Å²) in [5, 5.41) is 4.21. The van der Waals surface area contributed by atoms with Crippen LogP contribution in [-0.4, -0.2) is 12.0 Å². The smallest absolute Gasteiger partial charge is 0.336 e. The van der Waals surface area contributed by atoms with Crippen molar-refractivity contribution in [2.45, 2.75) is 26.4 Å². The molecule has 5 nitrogen and oxygen atoms in total. The van der Waals surface area contributed by atoms with Crippen LogP contribution in [0.4, 0.5) is 5.69 Å². The summed E-state index contributed by atoms with van der Waals surface area (Å²) in [4.78, 5) is 23.9. The van der Waals surface area contributed by atoms with E-state index in [-0.39, 0.29) is 5.91 Å². The SMILES string of the molecule is CCc1cc(=O)oc2cc(O[C@H](C)C(=O)Nc3ccc(Cl)cc3)ccc12. The number of halogens is 1. The van der Waals surface area contributed by atoms with E-state index in [1.165, 1.54) is 6.07 Å². The molecule has 134 valence electrons. The number of hydrogen-bond acceptors (Lipinski definition) is 4. The van der Waals surface area contributed by atoms with Crippen LogP contribution in [0.25, 0.3) is 11.0 Å². The number of fused-ring (bicyclic) bond motifs is 1. The Kier molecular flexibility index (Phi) is 5.28. The van der Waals surface area contributed by atoms with Gasteiger partial charge in [-0.05, 0) is 55.3 Å². The quantitative estimate of drug-likeness (QED) is 0.674. The Labute approximate surface area is 155 Å². The predicted molar refractivity (Wildman–Crippen MR) is 102 cm³/mol. The lowest BCUT2D eigenvalue weighted by molar-refractivity contribution is -0.122. The van der Waals surface area contributed by atoms with Gasteiger partial charge >= 0.3 is 5.63 Å². The number of ether oxygens (including phenoxy) is 1. The molecule has 0 aliphatic rings. The number of amides is 1. The second kappa shape index (κ2) is 7.62. The molecule has 0 saturated heterocycles. The second-order valence-corrected chi connectivity index (χ2v) is 6.29. The van der Waals surface area contributed by atoms with Crippen molar-refractivity contribution < 1.29 is 13.9 Å². The molecule has 0 unspecified atom stereocenters. The van der Waals surface area contributed by atoms with E-state index < -0.39 is 11.7 Å². The number of nitrogens with one attached hydrogen (secondary N) is 1. The van der Waals surface area contributed by atoms with Crippen molar-refractivity contribution in [1.29, 1.82) is 0 Å². The molecule has 1 atom stereocenters. The maximum Gasteiger partial charge on any atom is 0.336 e. The first-order chi connectivity index (χ1) is 12.5. The van der Waals surface area contributed by atoms with Crippen molar-refractivity contribution in [3.63, 3.8) is 0 Å². The molecular weight excluding hydrogens is 354 g/mol. The first-order valence-corrected chi connectivity index (χ1v) is 8.64. The molecule has 0 bridgehead atoms. The highest BCUT2D eigenvalue weighted by molar-refractivity contribution is 6.30. The van der Waals surface area contributed by atoms with E-state index in [4.69, 9.17) is 20.8 Å². The Bertz CT molecular complexity index is 995. The van der Waals surface area contributed by atoms with Crippen LogP contribution in [0.1, 0.15) is 19.4 Å². The van der Waals surface area contributed by atoms with E-state index in [1.54, 1.807) is 43.3 Å². The summed E-state index contributed by atoms with van der Waals surface area (Å²) in [6.07, 6.45) is -0.00781. The van der Waals surface area contributed by atoms with E-state index in [1.807, 2.05) is 13.0 Å². The van der Waals surface area contributed by atoms with Gasteiger partial charge in [0, 0.05) is 28.2 Å². The summed E-state index contributed by atoms with van der Waals surface area (Å²) >= 11 is 5.83. The highest BCUT2D eigenvalue weighted by atomic mass is 35.5. The zero-order valence-corrected chi connectivity index (χ0v) is 15.2. The van der Waals surface area contributed by atoms with Gasteiger partial charge in [-0.2, -0.15) is 0 Å². The van der Waals surface area contributed by atoms with E-state index in [9.17, 15) is 9.59 Å². The summed E-state index contributed by atoms with van der Waals surface area (Å²) in [5.74, 6) is 0.156. The minimum Gasteiger partial charge on any atom is -0.481 e. The van der Waals surface area contributed by atoms with E-state index >= 15 is 0 Å². The summed E-state index contributed by atoms with van der Waals surface area (Å²) in [7, 11) is 0. The number of hydrogen-bond donors (Lipinski definition) is 1. The molecule has 0 spiro atoms. The van der Waals surface area contributed by atoms with Crippen molar-refractivity contribution in [3.8, 4) is 5.75 Å². The number of anilines is 1. The van der Waals surface area contributed by atoms with Gasteiger partial charge < -0.3 is 14.5 Å². The summed E-state index contributed by atoms with van der Waals surface area (Å²) < 4.78 is 10.9. The number of aryl methyl sites for hydroxylation is 1. The molecule has 3 aromatic rings. The molecule has 2 aromatic carbocycles. The Morgan fingerprint density at radius 2 is 1.92 bits per heavy atom. The standard InChI is InChI=1S/C20H18ClNO4/c1-3-13-10-19(23)26-18-11-16(8-9-17(13)18)25-12(2)20(24)22-15-6-4-14(21)5-7-15/h4-12H,3H2,1-2H3,(H,22,24)/t12-/m1/s1. The average molecular weight is 372 g/mol. The molecule has 0 fully saturated rings. The van der Waals surface area contributed by atoms with Crippen LogP contribution in [0.15, 0.2) is 57.7 Å². The first-order valence-electron chi connectivity index (χ1n) is 8.26. The van der Waals surface area contributed by atoms with Gasteiger partial charge in [0.05, 0.1) is 0 Å². The van der Waals surface area contributed by atoms with E-state index in [2.05, 4.69) is 5.32 Å². The van der Waals surface area contributed by atoms with Gasteiger partial charge in [-0.25, -0.2) is 4.79 Å². The highest BCUT2D eigenvalue weighted by Crippen LogP contribution is 2.24. The van der Waals surface area contributed by atoms with E-state index in [0.29, 0.717) is 22.0 Å². The predicted octanol–water partition coefficient (Wildman–Crippen LogP) is 4.41. The molecule has 0 aliphatic carbocycles. The third-order valence-corrected chi connectivity index (χ3v) is 4.23. The van der Waals surface area contributed by atoms with Crippen molar-refractivity contribution in [3.05, 3.63) is 69.5 Å². The van der Waals surface area contributed by atoms with Gasteiger partial charge in [0.1, 0.15) is 11.3 Å². The molecule has 0 aliphatic heterocycles. The fourth-order valence-electron chi connectivity index (χ4n) is 2.61. The maximum atomic E-state index is 12.3. The Balaban J connectivity index is 1.76. The molecular formula is C20H18ClNO4. The number of rotatable bonds is 5. The zero-order chi connectivity index (χ0) is 18.7. The number of benzene rings is 2. The van der Waals surface area contributed by atoms with Crippen LogP contribution in [0.2, 0.25) is 5.02 Å². The summed E-state index contributed by atoms with van der Waals surface area (Å²) in [6.45, 7) is 3.62. The minimum absolute atomic E-state index is 0.295. The molecule has 0 saturated carbocycles. The second-order valence-electron chi connectivity index (χ2n) is 5.86. The van der Waals surface area contributed by atoms with Crippen LogP contribution in [-0.2, 0) is 11.2 Å². The molecule has 1 aromatic heterocycles. The van der Waals surface area contributed by atoms with Gasteiger partial charge in [0.25, 0.3) is 5.91 Å². The average Bonchev–Trinajstić information content (AvgIpc) is 2.62. The third-order valence-electron chi connectivity index (χ3n) is 3.98. The molecule has 3 rings (SSSR count). The van der Waals surface area contributed by atoms with Gasteiger partial charge in [0.15, 0.2) is 6.10 Å². The van der Waals surface area contributed by atoms with Crippen LogP contribution in [0.3, 0.4) is 0 Å². The normalized spacial score (nSPS) is 12.0. The fraction of sp³-hybridized carbons (Fsp3) is 0.200. The molecule has 1 N–H and O–H groups in total. The topological polar surface area (TPSA) is 68.5 Å². The van der Waals surface area contributed by atoms with Gasteiger partial charge in [-0.1, -0.05) is 18.5 Å².